The van der Waals surface area contributed by atoms with Gasteiger partial charge in [-0.2, -0.15) is 0 Å². The summed E-state index contributed by atoms with van der Waals surface area (Å²) in [7, 11) is 0. The van der Waals surface area contributed by atoms with Crippen LogP contribution >= 0.6 is 0 Å². The van der Waals surface area contributed by atoms with Crippen LogP contribution in [-0.2, 0) is 27.3 Å². The average molecular weight is 385 g/mol. The number of amides is 3. The minimum atomic E-state index is -0.900. The summed E-state index contributed by atoms with van der Waals surface area (Å²) in [6, 6.07) is 7.78. The van der Waals surface area contributed by atoms with Crippen molar-refractivity contribution < 1.29 is 14.4 Å². The number of hydrogen-bond donors (Lipinski definition) is 3. The van der Waals surface area contributed by atoms with Gasteiger partial charge < -0.3 is 20.9 Å². The molecule has 150 valence electrons. The van der Waals surface area contributed by atoms with E-state index in [1.54, 1.807) is 27.0 Å². The van der Waals surface area contributed by atoms with Crippen LogP contribution in [0.5, 0.6) is 0 Å². The van der Waals surface area contributed by atoms with Gasteiger partial charge in [0, 0.05) is 30.8 Å². The van der Waals surface area contributed by atoms with Crippen LogP contribution in [0.25, 0.3) is 0 Å². The van der Waals surface area contributed by atoms with Gasteiger partial charge in [-0.1, -0.05) is 44.2 Å². The fraction of sp³-hybridized carbons (Fsp3) is 0.400. The molecule has 0 unspecified atom stereocenters. The van der Waals surface area contributed by atoms with Crippen LogP contribution in [0.4, 0.5) is 0 Å². The van der Waals surface area contributed by atoms with Crippen molar-refractivity contribution in [3.8, 4) is 0 Å². The van der Waals surface area contributed by atoms with Gasteiger partial charge in [0.25, 0.3) is 0 Å². The number of nitrogens with one attached hydrogen (secondary N) is 2. The first kappa shape index (κ1) is 21.1. The number of hydrogen-bond acceptors (Lipinski definition) is 4. The fourth-order valence-electron chi connectivity index (χ4n) is 2.79. The van der Waals surface area contributed by atoms with E-state index in [1.165, 1.54) is 11.2 Å². The summed E-state index contributed by atoms with van der Waals surface area (Å²) in [5, 5.41) is 2.66. The molecule has 28 heavy (non-hydrogen) atoms. The number of benzene rings is 1. The van der Waals surface area contributed by atoms with Crippen LogP contribution in [0.1, 0.15) is 32.0 Å². The van der Waals surface area contributed by atoms with E-state index in [2.05, 4.69) is 15.3 Å². The maximum absolute atomic E-state index is 12.8. The van der Waals surface area contributed by atoms with E-state index in [0.29, 0.717) is 12.2 Å². The number of imidazole rings is 1. The molecule has 0 saturated carbocycles. The molecule has 0 fully saturated rings. The van der Waals surface area contributed by atoms with E-state index < -0.39 is 23.9 Å². The number of aromatic nitrogens is 2. The van der Waals surface area contributed by atoms with Crippen molar-refractivity contribution in [1.29, 1.82) is 0 Å². The summed E-state index contributed by atoms with van der Waals surface area (Å²) in [5.41, 5.74) is 7.03. The van der Waals surface area contributed by atoms with Crippen molar-refractivity contribution in [1.82, 2.24) is 20.2 Å². The van der Waals surface area contributed by atoms with E-state index in [1.807, 2.05) is 30.3 Å². The van der Waals surface area contributed by atoms with Gasteiger partial charge in [0.1, 0.15) is 12.1 Å². The molecule has 1 aromatic carbocycles. The highest BCUT2D eigenvalue weighted by molar-refractivity contribution is 5.91. The van der Waals surface area contributed by atoms with E-state index >= 15 is 0 Å². The van der Waals surface area contributed by atoms with Gasteiger partial charge in [-0.15, -0.1) is 0 Å². The highest BCUT2D eigenvalue weighted by atomic mass is 16.2. The lowest BCUT2D eigenvalue weighted by Crippen LogP contribution is -2.54. The molecule has 0 radical (unpaired) electrons. The third-order valence-electron chi connectivity index (χ3n) is 4.46. The molecule has 4 N–H and O–H groups in total. The van der Waals surface area contributed by atoms with Crippen molar-refractivity contribution in [2.24, 2.45) is 11.7 Å². The van der Waals surface area contributed by atoms with Crippen LogP contribution in [0.2, 0.25) is 0 Å². The van der Waals surface area contributed by atoms with Crippen molar-refractivity contribution >= 4 is 17.7 Å². The summed E-state index contributed by atoms with van der Waals surface area (Å²) < 4.78 is 0. The molecule has 2 atom stereocenters. The molecule has 3 amide bonds. The largest absolute Gasteiger partial charge is 0.368 e. The van der Waals surface area contributed by atoms with Gasteiger partial charge in [0.15, 0.2) is 0 Å². The normalized spacial score (nSPS) is 13.0. The number of primary amides is 1. The van der Waals surface area contributed by atoms with E-state index in [-0.39, 0.29) is 18.2 Å². The molecule has 0 spiro atoms. The van der Waals surface area contributed by atoms with Gasteiger partial charge in [-0.05, 0) is 12.5 Å². The average Bonchev–Trinajstić information content (AvgIpc) is 3.18. The minimum Gasteiger partial charge on any atom is -0.368 e. The zero-order chi connectivity index (χ0) is 20.7. The van der Waals surface area contributed by atoms with Crippen LogP contribution in [0, 0.1) is 5.92 Å². The molecule has 2 aromatic rings. The Labute approximate surface area is 164 Å². The summed E-state index contributed by atoms with van der Waals surface area (Å²) in [6.45, 7) is 5.52. The van der Waals surface area contributed by atoms with E-state index in [4.69, 9.17) is 5.73 Å². The highest BCUT2D eigenvalue weighted by Crippen LogP contribution is 2.13. The molecule has 1 aromatic heterocycles. The lowest BCUT2D eigenvalue weighted by atomic mass is 10.1. The van der Waals surface area contributed by atoms with Gasteiger partial charge in [0.05, 0.1) is 6.33 Å². The van der Waals surface area contributed by atoms with Gasteiger partial charge >= 0.3 is 0 Å². The summed E-state index contributed by atoms with van der Waals surface area (Å²) in [5.74, 6) is -1.50. The van der Waals surface area contributed by atoms with Crippen LogP contribution in [-0.4, -0.2) is 44.7 Å². The second-order valence-corrected chi connectivity index (χ2v) is 7.03. The molecule has 1 heterocycles. The molecule has 0 bridgehead atoms. The first-order valence-electron chi connectivity index (χ1n) is 9.21. The standard InChI is InChI=1S/C20H27N5O3/c1-13(2)20(28)25(11-15-7-5-4-6-8-15)14(3)19(27)24-17(18(21)26)9-16-10-22-12-23-16/h4-8,10,12-14,17H,9,11H2,1-3H3,(H2,21,26)(H,22,23)(H,24,27)/t14-,17-/m0/s1. The fourth-order valence-corrected chi connectivity index (χ4v) is 2.79. The maximum Gasteiger partial charge on any atom is 0.243 e. The highest BCUT2D eigenvalue weighted by Gasteiger charge is 2.30. The van der Waals surface area contributed by atoms with E-state index in [9.17, 15) is 14.4 Å². The Bertz CT molecular complexity index is 789. The lowest BCUT2D eigenvalue weighted by Gasteiger charge is -2.31. The summed E-state index contributed by atoms with van der Waals surface area (Å²) >= 11 is 0. The topological polar surface area (TPSA) is 121 Å². The number of carbonyl (C=O) groups excluding carboxylic acids is 3. The Hall–Kier alpha value is -3.16. The van der Waals surface area contributed by atoms with Gasteiger partial charge in [-0.3, -0.25) is 14.4 Å². The molecule has 0 aliphatic heterocycles. The van der Waals surface area contributed by atoms with Gasteiger partial charge in [0.2, 0.25) is 17.7 Å². The van der Waals surface area contributed by atoms with Crippen molar-refractivity contribution in [2.75, 3.05) is 0 Å². The Morgan fingerprint density at radius 3 is 2.39 bits per heavy atom. The Kier molecular flexibility index (Phi) is 7.31. The van der Waals surface area contributed by atoms with Gasteiger partial charge in [-0.25, -0.2) is 4.98 Å². The summed E-state index contributed by atoms with van der Waals surface area (Å²) in [6.07, 6.45) is 3.25. The molecule has 2 rings (SSSR count). The minimum absolute atomic E-state index is 0.143. The van der Waals surface area contributed by atoms with Crippen molar-refractivity contribution in [3.63, 3.8) is 0 Å². The smallest absolute Gasteiger partial charge is 0.243 e. The number of nitrogens with two attached hydrogens (primary N) is 1. The number of H-pyrrole nitrogens is 1. The lowest BCUT2D eigenvalue weighted by molar-refractivity contribution is -0.143. The number of carbonyl (C=O) groups is 3. The number of aromatic amines is 1. The van der Waals surface area contributed by atoms with Crippen molar-refractivity contribution in [2.45, 2.75) is 45.8 Å². The maximum atomic E-state index is 12.8. The van der Waals surface area contributed by atoms with Crippen LogP contribution < -0.4 is 11.1 Å². The Morgan fingerprint density at radius 1 is 1.18 bits per heavy atom. The van der Waals surface area contributed by atoms with Crippen LogP contribution in [0.15, 0.2) is 42.9 Å². The monoisotopic (exact) mass is 385 g/mol. The van der Waals surface area contributed by atoms with Crippen LogP contribution in [0.3, 0.4) is 0 Å². The molecule has 0 aliphatic carbocycles. The zero-order valence-corrected chi connectivity index (χ0v) is 16.4. The molecular formula is C20H27N5O3. The molecular weight excluding hydrogens is 358 g/mol. The number of nitrogens with zero attached hydrogens (tertiary/aromatic N) is 2. The first-order valence-corrected chi connectivity index (χ1v) is 9.21. The second-order valence-electron chi connectivity index (χ2n) is 7.03. The molecule has 8 nitrogen and oxygen atoms in total. The van der Waals surface area contributed by atoms with Crippen molar-refractivity contribution in [3.05, 3.63) is 54.1 Å². The first-order chi connectivity index (χ1) is 13.3. The van der Waals surface area contributed by atoms with E-state index in [0.717, 1.165) is 5.56 Å². The molecule has 0 saturated heterocycles. The summed E-state index contributed by atoms with van der Waals surface area (Å²) in [4.78, 5) is 45.6. The second kappa shape index (κ2) is 9.68. The Balaban J connectivity index is 2.14. The third-order valence-corrected chi connectivity index (χ3v) is 4.46. The predicted molar refractivity (Wildman–Crippen MR) is 105 cm³/mol. The molecule has 0 aliphatic rings. The quantitative estimate of drug-likeness (QED) is 0.596. The molecule has 8 heteroatoms. The Morgan fingerprint density at radius 2 is 1.86 bits per heavy atom. The SMILES string of the molecule is CC(C)C(=O)N(Cc1ccccc1)[C@@H](C)C(=O)N[C@@H](Cc1cnc[nH]1)C(N)=O. The number of rotatable bonds is 9. The third kappa shape index (κ3) is 5.67. The zero-order valence-electron chi connectivity index (χ0n) is 16.4. The predicted octanol–water partition coefficient (Wildman–Crippen LogP) is 0.996.